The number of nitrogens with two attached hydrogens (primary N) is 1. The van der Waals surface area contributed by atoms with Crippen LogP contribution in [0.15, 0.2) is 54.6 Å². The highest BCUT2D eigenvalue weighted by atomic mass is 16.5. The van der Waals surface area contributed by atoms with E-state index in [0.717, 1.165) is 28.1 Å². The highest BCUT2D eigenvalue weighted by Crippen LogP contribution is 2.23. The first kappa shape index (κ1) is 13.2. The number of H-pyrrole nitrogens is 1. The number of anilines is 2. The molecular formula is C15H15N4O2+. The van der Waals surface area contributed by atoms with Gasteiger partial charge >= 0.3 is 0 Å². The zero-order valence-electron chi connectivity index (χ0n) is 11.1. The van der Waals surface area contributed by atoms with Crippen molar-refractivity contribution in [3.05, 3.63) is 54.6 Å². The highest BCUT2D eigenvalue weighted by molar-refractivity contribution is 5.66. The van der Waals surface area contributed by atoms with Gasteiger partial charge in [-0.1, -0.05) is 0 Å². The third-order valence-electron chi connectivity index (χ3n) is 3.09. The van der Waals surface area contributed by atoms with Crippen LogP contribution in [0.4, 0.5) is 17.2 Å². The van der Waals surface area contributed by atoms with Gasteiger partial charge in [-0.2, -0.15) is 10.6 Å². The number of aromatic nitrogens is 2. The third-order valence-corrected chi connectivity index (χ3v) is 3.09. The number of nitrogens with one attached hydrogen (secondary N) is 2. The van der Waals surface area contributed by atoms with Crippen molar-refractivity contribution in [2.24, 2.45) is 0 Å². The van der Waals surface area contributed by atoms with Crippen molar-refractivity contribution in [2.45, 2.75) is 0 Å². The molecule has 0 spiro atoms. The van der Waals surface area contributed by atoms with Crippen molar-refractivity contribution >= 4 is 17.2 Å². The maximum atomic E-state index is 9.25. The molecule has 0 radical (unpaired) electrons. The lowest BCUT2D eigenvalue weighted by Crippen LogP contribution is -2.73. The Hall–Kier alpha value is -2.83. The molecule has 3 aromatic rings. The van der Waals surface area contributed by atoms with Crippen LogP contribution in [-0.2, 0) is 0 Å². The van der Waals surface area contributed by atoms with Crippen LogP contribution in [0.5, 0.6) is 5.75 Å². The summed E-state index contributed by atoms with van der Waals surface area (Å²) >= 11 is 0. The first-order valence-corrected chi connectivity index (χ1v) is 6.44. The second-order valence-electron chi connectivity index (χ2n) is 4.59. The topological polar surface area (TPSA) is 97.8 Å². The van der Waals surface area contributed by atoms with E-state index in [1.54, 1.807) is 24.3 Å². The van der Waals surface area contributed by atoms with Gasteiger partial charge in [-0.05, 0) is 36.4 Å². The first-order valence-electron chi connectivity index (χ1n) is 6.44. The number of hydrogen-bond donors (Lipinski definition) is 5. The van der Waals surface area contributed by atoms with Gasteiger partial charge in [0.25, 0.3) is 0 Å². The predicted molar refractivity (Wildman–Crippen MR) is 78.8 cm³/mol. The molecule has 21 heavy (non-hydrogen) atoms. The van der Waals surface area contributed by atoms with Crippen LogP contribution >= 0.6 is 0 Å². The summed E-state index contributed by atoms with van der Waals surface area (Å²) in [6.45, 7) is 0. The van der Waals surface area contributed by atoms with Crippen LogP contribution in [0, 0.1) is 0 Å². The Morgan fingerprint density at radius 3 is 2.38 bits per heavy atom. The smallest absolute Gasteiger partial charge is 0.161 e. The van der Waals surface area contributed by atoms with Crippen LogP contribution in [0.1, 0.15) is 0 Å². The number of benzene rings is 2. The van der Waals surface area contributed by atoms with Crippen molar-refractivity contribution in [3.63, 3.8) is 0 Å². The van der Waals surface area contributed by atoms with Gasteiger partial charge < -0.3 is 10.4 Å². The molecule has 0 saturated heterocycles. The maximum Gasteiger partial charge on any atom is 0.161 e. The molecule has 106 valence electrons. The van der Waals surface area contributed by atoms with E-state index in [0.29, 0.717) is 5.82 Å². The fraction of sp³-hybridized carbons (Fsp3) is 0. The standard InChI is InChI=1S/C15H14N4O2/c20-13-7-5-11(6-8-13)16-15-9-14(17-18-15)10-1-3-12(19-21)4-2-10/h1-9,19-21H,(H2,16,17,18)/p+1. The van der Waals surface area contributed by atoms with Crippen molar-refractivity contribution in [1.29, 1.82) is 0 Å². The summed E-state index contributed by atoms with van der Waals surface area (Å²) in [5, 5.41) is 28.5. The Labute approximate surface area is 121 Å². The second-order valence-corrected chi connectivity index (χ2v) is 4.59. The molecule has 0 saturated carbocycles. The lowest BCUT2D eigenvalue weighted by atomic mass is 10.1. The van der Waals surface area contributed by atoms with Crippen LogP contribution in [-0.4, -0.2) is 20.5 Å². The van der Waals surface area contributed by atoms with Gasteiger partial charge in [0.15, 0.2) is 11.5 Å². The predicted octanol–water partition coefficient (Wildman–Crippen LogP) is 2.11. The molecule has 0 unspecified atom stereocenters. The Morgan fingerprint density at radius 2 is 1.71 bits per heavy atom. The molecular weight excluding hydrogens is 268 g/mol. The summed E-state index contributed by atoms with van der Waals surface area (Å²) in [4.78, 5) is 0. The SMILES string of the molecule is O[NH2+]c1ccc(-c2cc(Nc3ccc(O)cc3)n[nH]2)cc1. The molecule has 1 heterocycles. The number of aromatic hydroxyl groups is 1. The molecule has 6 N–H and O–H groups in total. The molecule has 0 bridgehead atoms. The normalized spacial score (nSPS) is 10.5. The highest BCUT2D eigenvalue weighted by Gasteiger charge is 2.05. The molecule has 2 aromatic carbocycles. The number of aromatic amines is 1. The van der Waals surface area contributed by atoms with Gasteiger partial charge in [-0.3, -0.25) is 5.10 Å². The molecule has 0 aliphatic rings. The Morgan fingerprint density at radius 1 is 1.00 bits per heavy atom. The van der Waals surface area contributed by atoms with E-state index in [2.05, 4.69) is 15.5 Å². The van der Waals surface area contributed by atoms with Gasteiger partial charge in [0.1, 0.15) is 5.75 Å². The van der Waals surface area contributed by atoms with E-state index in [9.17, 15) is 5.11 Å². The number of phenolic OH excluding ortho intramolecular Hbond substituents is 1. The van der Waals surface area contributed by atoms with E-state index >= 15 is 0 Å². The number of rotatable bonds is 4. The molecule has 6 nitrogen and oxygen atoms in total. The molecule has 1 aromatic heterocycles. The number of nitrogens with zero attached hydrogens (tertiary/aromatic N) is 1. The molecule has 0 amide bonds. The van der Waals surface area contributed by atoms with E-state index in [1.807, 2.05) is 30.3 Å². The molecule has 6 heteroatoms. The summed E-state index contributed by atoms with van der Waals surface area (Å²) in [6, 6.07) is 16.1. The molecule has 3 rings (SSSR count). The van der Waals surface area contributed by atoms with Gasteiger partial charge in [0, 0.05) is 29.4 Å². The minimum absolute atomic E-state index is 0.226. The minimum Gasteiger partial charge on any atom is -0.508 e. The molecule has 0 aliphatic heterocycles. The van der Waals surface area contributed by atoms with Crippen molar-refractivity contribution in [3.8, 4) is 17.0 Å². The zero-order valence-corrected chi connectivity index (χ0v) is 11.1. The number of hydrogen-bond acceptors (Lipinski definition) is 4. The summed E-state index contributed by atoms with van der Waals surface area (Å²) in [7, 11) is 0. The third kappa shape index (κ3) is 3.02. The minimum atomic E-state index is 0.226. The van der Waals surface area contributed by atoms with Gasteiger partial charge in [0.05, 0.1) is 5.69 Å². The van der Waals surface area contributed by atoms with E-state index < -0.39 is 0 Å². The quantitative estimate of drug-likeness (QED) is 0.288. The first-order chi connectivity index (χ1) is 10.2. The van der Waals surface area contributed by atoms with Gasteiger partial charge in [-0.15, -0.1) is 0 Å². The fourth-order valence-corrected chi connectivity index (χ4v) is 1.98. The van der Waals surface area contributed by atoms with Crippen molar-refractivity contribution in [1.82, 2.24) is 10.2 Å². The molecule has 0 aliphatic carbocycles. The van der Waals surface area contributed by atoms with Crippen molar-refractivity contribution in [2.75, 3.05) is 5.32 Å². The van der Waals surface area contributed by atoms with Gasteiger partial charge in [0.2, 0.25) is 0 Å². The lowest BCUT2D eigenvalue weighted by molar-refractivity contribution is -0.825. The average molecular weight is 283 g/mol. The monoisotopic (exact) mass is 283 g/mol. The van der Waals surface area contributed by atoms with Crippen LogP contribution in [0.2, 0.25) is 0 Å². The fourth-order valence-electron chi connectivity index (χ4n) is 1.98. The number of phenols is 1. The number of quaternary nitrogens is 1. The lowest BCUT2D eigenvalue weighted by Gasteiger charge is -2.01. The zero-order chi connectivity index (χ0) is 14.7. The van der Waals surface area contributed by atoms with Crippen molar-refractivity contribution < 1.29 is 15.8 Å². The largest absolute Gasteiger partial charge is 0.508 e. The molecule has 0 atom stereocenters. The van der Waals surface area contributed by atoms with E-state index in [-0.39, 0.29) is 5.75 Å². The van der Waals surface area contributed by atoms with E-state index in [4.69, 9.17) is 5.21 Å². The van der Waals surface area contributed by atoms with Crippen LogP contribution < -0.4 is 10.8 Å². The second kappa shape index (κ2) is 5.66. The Kier molecular flexibility index (Phi) is 3.55. The van der Waals surface area contributed by atoms with E-state index in [1.165, 1.54) is 0 Å². The summed E-state index contributed by atoms with van der Waals surface area (Å²) in [5.41, 5.74) is 4.51. The van der Waals surface area contributed by atoms with Crippen LogP contribution in [0.3, 0.4) is 0 Å². The summed E-state index contributed by atoms with van der Waals surface area (Å²) in [5.74, 6) is 0.914. The summed E-state index contributed by atoms with van der Waals surface area (Å²) < 4.78 is 0. The Bertz CT molecular complexity index is 720. The maximum absolute atomic E-state index is 9.25. The Balaban J connectivity index is 1.77. The summed E-state index contributed by atoms with van der Waals surface area (Å²) in [6.07, 6.45) is 0. The van der Waals surface area contributed by atoms with Crippen LogP contribution in [0.25, 0.3) is 11.3 Å². The molecule has 0 fully saturated rings. The average Bonchev–Trinajstić information content (AvgIpc) is 2.98. The van der Waals surface area contributed by atoms with Gasteiger partial charge in [-0.25, -0.2) is 5.21 Å².